The highest BCUT2D eigenvalue weighted by Crippen LogP contribution is 2.46. The number of nitrogens with zero attached hydrogens (tertiary/aromatic N) is 2. The molecule has 2 aliphatic rings. The van der Waals surface area contributed by atoms with E-state index in [1.807, 2.05) is 60.7 Å². The van der Waals surface area contributed by atoms with E-state index in [1.54, 1.807) is 24.3 Å². The second-order valence-electron chi connectivity index (χ2n) is 8.87. The van der Waals surface area contributed by atoms with Crippen LogP contribution >= 0.6 is 0 Å². The summed E-state index contributed by atoms with van der Waals surface area (Å²) in [6.45, 7) is 0.0697. The van der Waals surface area contributed by atoms with E-state index in [9.17, 15) is 19.6 Å². The summed E-state index contributed by atoms with van der Waals surface area (Å²) in [7, 11) is 0. The van der Waals surface area contributed by atoms with E-state index >= 15 is 0 Å². The number of likely N-dealkylation sites (tertiary alicyclic amines) is 1. The maximum Gasteiger partial charge on any atom is 0.237 e. The predicted molar refractivity (Wildman–Crippen MR) is 127 cm³/mol. The van der Waals surface area contributed by atoms with Crippen molar-refractivity contribution in [3.63, 3.8) is 0 Å². The van der Waals surface area contributed by atoms with Crippen LogP contribution in [0.3, 0.4) is 0 Å². The number of Topliss-reactive ketones (excluding diaryl/α,β-unsaturated/α-hetero) is 1. The first kappa shape index (κ1) is 21.6. The minimum Gasteiger partial charge on any atom is -0.325 e. The summed E-state index contributed by atoms with van der Waals surface area (Å²) in [6, 6.07) is 26.9. The van der Waals surface area contributed by atoms with Crippen LogP contribution in [0.15, 0.2) is 84.9 Å². The molecule has 6 heteroatoms. The first-order valence-electron chi connectivity index (χ1n) is 11.3. The molecular weight excluding hydrogens is 426 g/mol. The molecule has 2 heterocycles. The Morgan fingerprint density at radius 2 is 1.65 bits per heavy atom. The third-order valence-corrected chi connectivity index (χ3v) is 6.87. The fraction of sp³-hybridized carbons (Fsp3) is 0.214. The molecule has 1 spiro atoms. The second kappa shape index (κ2) is 8.60. The molecule has 0 aliphatic carbocycles. The minimum atomic E-state index is -0.990. The molecule has 168 valence electrons. The molecule has 2 aliphatic heterocycles. The Labute approximate surface area is 197 Å². The van der Waals surface area contributed by atoms with Crippen molar-refractivity contribution in [1.29, 1.82) is 5.26 Å². The number of hydrogen-bond donors (Lipinski definition) is 1. The van der Waals surface area contributed by atoms with Gasteiger partial charge < -0.3 is 10.2 Å². The fourth-order valence-corrected chi connectivity index (χ4v) is 5.13. The van der Waals surface area contributed by atoms with E-state index < -0.39 is 23.3 Å². The first-order valence-corrected chi connectivity index (χ1v) is 11.3. The van der Waals surface area contributed by atoms with Crippen LogP contribution in [-0.4, -0.2) is 35.1 Å². The Kier molecular flexibility index (Phi) is 5.46. The van der Waals surface area contributed by atoms with Gasteiger partial charge in [0.15, 0.2) is 5.78 Å². The number of nitriles is 1. The van der Waals surface area contributed by atoms with Crippen molar-refractivity contribution in [2.24, 2.45) is 5.92 Å². The number of anilines is 1. The van der Waals surface area contributed by atoms with Gasteiger partial charge in [-0.3, -0.25) is 14.4 Å². The summed E-state index contributed by atoms with van der Waals surface area (Å²) < 4.78 is 0. The zero-order valence-corrected chi connectivity index (χ0v) is 18.5. The molecule has 1 fully saturated rings. The highest BCUT2D eigenvalue weighted by molar-refractivity contribution is 6.11. The quantitative estimate of drug-likeness (QED) is 0.475. The van der Waals surface area contributed by atoms with Crippen LogP contribution in [0.4, 0.5) is 5.69 Å². The Morgan fingerprint density at radius 1 is 1.00 bits per heavy atom. The summed E-state index contributed by atoms with van der Waals surface area (Å²) in [5.74, 6) is -1.91. The molecule has 0 bridgehead atoms. The van der Waals surface area contributed by atoms with Gasteiger partial charge in [-0.05, 0) is 23.6 Å². The third-order valence-electron chi connectivity index (χ3n) is 6.87. The lowest BCUT2D eigenvalue weighted by molar-refractivity contribution is -0.134. The number of carbonyl (C=O) groups is 3. The molecule has 0 aromatic heterocycles. The fourth-order valence-electron chi connectivity index (χ4n) is 5.13. The van der Waals surface area contributed by atoms with Crippen molar-refractivity contribution in [3.8, 4) is 6.07 Å². The van der Waals surface area contributed by atoms with Crippen LogP contribution in [0, 0.1) is 17.2 Å². The Bertz CT molecular complexity index is 1300. The number of nitrogens with one attached hydrogen (secondary N) is 1. The molecule has 34 heavy (non-hydrogen) atoms. The lowest BCUT2D eigenvalue weighted by Crippen LogP contribution is -2.45. The highest BCUT2D eigenvalue weighted by Gasteiger charge is 2.56. The van der Waals surface area contributed by atoms with E-state index in [4.69, 9.17) is 0 Å². The summed E-state index contributed by atoms with van der Waals surface area (Å²) in [4.78, 5) is 41.9. The average molecular weight is 450 g/mol. The topological polar surface area (TPSA) is 90.3 Å². The van der Waals surface area contributed by atoms with Gasteiger partial charge in [0.25, 0.3) is 0 Å². The number of carbonyl (C=O) groups excluding carboxylic acids is 3. The molecule has 2 amide bonds. The van der Waals surface area contributed by atoms with Crippen molar-refractivity contribution < 1.29 is 14.4 Å². The molecule has 3 aromatic carbocycles. The molecule has 0 radical (unpaired) electrons. The lowest BCUT2D eigenvalue weighted by Gasteiger charge is -2.26. The van der Waals surface area contributed by atoms with Gasteiger partial charge in [-0.15, -0.1) is 0 Å². The molecule has 1 saturated heterocycles. The van der Waals surface area contributed by atoms with Gasteiger partial charge in [0.05, 0.1) is 11.5 Å². The van der Waals surface area contributed by atoms with E-state index in [0.717, 1.165) is 11.1 Å². The summed E-state index contributed by atoms with van der Waals surface area (Å²) in [5, 5.41) is 12.8. The summed E-state index contributed by atoms with van der Waals surface area (Å²) >= 11 is 0. The van der Waals surface area contributed by atoms with Gasteiger partial charge in [0.2, 0.25) is 11.8 Å². The molecule has 3 aromatic rings. The van der Waals surface area contributed by atoms with Crippen molar-refractivity contribution >= 4 is 23.3 Å². The number of ketones is 1. The lowest BCUT2D eigenvalue weighted by atomic mass is 9.80. The number of para-hydroxylation sites is 1. The summed E-state index contributed by atoms with van der Waals surface area (Å²) in [6.07, 6.45) is 0.424. The van der Waals surface area contributed by atoms with Crippen LogP contribution in [0.2, 0.25) is 0 Å². The average Bonchev–Trinajstić information content (AvgIpc) is 3.41. The minimum absolute atomic E-state index is 0.0697. The molecule has 1 unspecified atom stereocenters. The Balaban J connectivity index is 1.51. The number of hydrogen-bond acceptors (Lipinski definition) is 4. The smallest absolute Gasteiger partial charge is 0.237 e. The number of fused-ring (bicyclic) bond motifs is 2. The molecule has 6 nitrogen and oxygen atoms in total. The van der Waals surface area contributed by atoms with Gasteiger partial charge in [0, 0.05) is 24.2 Å². The highest BCUT2D eigenvalue weighted by atomic mass is 16.2. The van der Waals surface area contributed by atoms with E-state index in [-0.39, 0.29) is 31.1 Å². The van der Waals surface area contributed by atoms with Gasteiger partial charge in [-0.2, -0.15) is 5.26 Å². The monoisotopic (exact) mass is 449 g/mol. The Hall–Kier alpha value is -4.24. The predicted octanol–water partition coefficient (Wildman–Crippen LogP) is 3.74. The van der Waals surface area contributed by atoms with Crippen molar-refractivity contribution in [2.75, 3.05) is 11.9 Å². The van der Waals surface area contributed by atoms with Gasteiger partial charge in [-0.25, -0.2) is 0 Å². The van der Waals surface area contributed by atoms with Crippen molar-refractivity contribution in [2.45, 2.75) is 24.3 Å². The van der Waals surface area contributed by atoms with E-state index in [1.165, 1.54) is 4.90 Å². The standard InChI is InChI=1S/C28H23N3O3/c29-17-21-16-28(23-13-7-8-14-24(23)30-27(28)34)18-31(21)26(33)22(15-19-9-3-1-4-10-19)25(32)20-11-5-2-6-12-20/h1-14,21-22H,15-16,18H2,(H,30,34)/t21-,22?,28-/m0/s1. The molecule has 0 saturated carbocycles. The van der Waals surface area contributed by atoms with Gasteiger partial charge in [-0.1, -0.05) is 78.9 Å². The van der Waals surface area contributed by atoms with Crippen LogP contribution in [-0.2, 0) is 21.4 Å². The maximum atomic E-state index is 13.9. The maximum absolute atomic E-state index is 13.9. The first-order chi connectivity index (χ1) is 16.5. The molecule has 1 N–H and O–H groups in total. The molecule has 3 atom stereocenters. The summed E-state index contributed by atoms with van der Waals surface area (Å²) in [5.41, 5.74) is 1.82. The van der Waals surface area contributed by atoms with Crippen molar-refractivity contribution in [1.82, 2.24) is 4.90 Å². The van der Waals surface area contributed by atoms with Crippen LogP contribution in [0.25, 0.3) is 0 Å². The van der Waals surface area contributed by atoms with Crippen LogP contribution in [0.5, 0.6) is 0 Å². The zero-order chi connectivity index (χ0) is 23.7. The number of amides is 2. The second-order valence-corrected chi connectivity index (χ2v) is 8.87. The van der Waals surface area contributed by atoms with Crippen LogP contribution in [0.1, 0.15) is 27.9 Å². The largest absolute Gasteiger partial charge is 0.325 e. The molecule has 5 rings (SSSR count). The van der Waals surface area contributed by atoms with Gasteiger partial charge in [0.1, 0.15) is 12.0 Å². The zero-order valence-electron chi connectivity index (χ0n) is 18.5. The van der Waals surface area contributed by atoms with Gasteiger partial charge >= 0.3 is 0 Å². The van der Waals surface area contributed by atoms with Crippen LogP contribution < -0.4 is 5.32 Å². The normalized spacial score (nSPS) is 21.6. The number of benzene rings is 3. The van der Waals surface area contributed by atoms with E-state index in [0.29, 0.717) is 11.3 Å². The van der Waals surface area contributed by atoms with E-state index in [2.05, 4.69) is 11.4 Å². The number of rotatable bonds is 5. The Morgan fingerprint density at radius 3 is 2.35 bits per heavy atom. The third kappa shape index (κ3) is 3.56. The van der Waals surface area contributed by atoms with Crippen molar-refractivity contribution in [3.05, 3.63) is 102 Å². The molecular formula is C28H23N3O3. The SMILES string of the molecule is N#C[C@@H]1C[C@@]2(CN1C(=O)C(Cc1ccccc1)C(=O)c1ccccc1)C(=O)Nc1ccccc12.